The molecule has 5 heteroatoms. The Balaban J connectivity index is 1.49. The van der Waals surface area contributed by atoms with Crippen LogP contribution in [0.1, 0.15) is 27.2 Å². The molecule has 0 atom stereocenters. The monoisotopic (exact) mass is 395 g/mol. The fourth-order valence-corrected chi connectivity index (χ4v) is 3.28. The maximum atomic E-state index is 12.9. The van der Waals surface area contributed by atoms with E-state index in [1.54, 1.807) is 18.5 Å². The van der Waals surface area contributed by atoms with Crippen LogP contribution in [0.15, 0.2) is 85.5 Å². The number of carbonyl (C=O) groups is 1. The lowest BCUT2D eigenvalue weighted by atomic mass is 9.93. The number of Topliss-reactive ketones (excluding diaryl/α,β-unsaturated/α-hetero) is 1. The van der Waals surface area contributed by atoms with E-state index in [-0.39, 0.29) is 12.2 Å². The topological polar surface area (TPSA) is 65.0 Å². The Labute approximate surface area is 175 Å². The number of pyridine rings is 1. The van der Waals surface area contributed by atoms with Gasteiger partial charge in [0, 0.05) is 30.4 Å². The number of ketones is 1. The molecule has 2 aromatic heterocycles. The summed E-state index contributed by atoms with van der Waals surface area (Å²) in [5.74, 6) is 0.295. The van der Waals surface area contributed by atoms with Crippen molar-refractivity contribution in [3.8, 4) is 17.0 Å². The van der Waals surface area contributed by atoms with Crippen LogP contribution >= 0.6 is 0 Å². The zero-order valence-electron chi connectivity index (χ0n) is 16.7. The van der Waals surface area contributed by atoms with Crippen LogP contribution in [0.4, 0.5) is 0 Å². The van der Waals surface area contributed by atoms with Gasteiger partial charge in [-0.3, -0.25) is 9.78 Å². The Hall–Kier alpha value is -3.86. The molecule has 148 valence electrons. The van der Waals surface area contributed by atoms with Crippen molar-refractivity contribution in [1.29, 1.82) is 0 Å². The molecule has 0 aliphatic heterocycles. The number of nitrogens with zero attached hydrogens (tertiary/aromatic N) is 3. The predicted molar refractivity (Wildman–Crippen MR) is 115 cm³/mol. The molecule has 2 heterocycles. The molecule has 0 spiro atoms. The first-order valence-corrected chi connectivity index (χ1v) is 9.71. The molecule has 4 rings (SSSR count). The van der Waals surface area contributed by atoms with Crippen LogP contribution < -0.4 is 4.74 Å². The first kappa shape index (κ1) is 19.5. The van der Waals surface area contributed by atoms with Crippen molar-refractivity contribution >= 4 is 5.78 Å². The van der Waals surface area contributed by atoms with Crippen molar-refractivity contribution in [3.63, 3.8) is 0 Å². The third kappa shape index (κ3) is 4.58. The number of ether oxygens (including phenoxy) is 1. The summed E-state index contributed by atoms with van der Waals surface area (Å²) in [6.45, 7) is 2.38. The Bertz CT molecular complexity index is 1150. The van der Waals surface area contributed by atoms with Crippen LogP contribution in [0.2, 0.25) is 0 Å². The summed E-state index contributed by atoms with van der Waals surface area (Å²) in [6, 6.07) is 21.6. The molecule has 4 aromatic rings. The van der Waals surface area contributed by atoms with Gasteiger partial charge in [-0.25, -0.2) is 9.97 Å². The SMILES string of the molecule is Cc1c(CC(=O)c2cc(OCc3cccnc3)ncn2)cccc1-c1ccccc1. The number of hydrogen-bond acceptors (Lipinski definition) is 5. The van der Waals surface area contributed by atoms with Crippen LogP contribution in [0, 0.1) is 6.92 Å². The quantitative estimate of drug-likeness (QED) is 0.419. The summed E-state index contributed by atoms with van der Waals surface area (Å²) in [7, 11) is 0. The summed E-state index contributed by atoms with van der Waals surface area (Å²) in [5, 5.41) is 0. The largest absolute Gasteiger partial charge is 0.473 e. The van der Waals surface area contributed by atoms with Crippen LogP contribution in [0.5, 0.6) is 5.88 Å². The van der Waals surface area contributed by atoms with Gasteiger partial charge in [0.15, 0.2) is 5.78 Å². The van der Waals surface area contributed by atoms with E-state index < -0.39 is 0 Å². The van der Waals surface area contributed by atoms with E-state index >= 15 is 0 Å². The zero-order chi connectivity index (χ0) is 20.8. The second kappa shape index (κ2) is 9.09. The van der Waals surface area contributed by atoms with Gasteiger partial charge in [-0.15, -0.1) is 0 Å². The predicted octanol–water partition coefficient (Wildman–Crippen LogP) is 4.85. The summed E-state index contributed by atoms with van der Waals surface area (Å²) < 4.78 is 5.69. The number of aromatic nitrogens is 3. The standard InChI is InChI=1S/C25H21N3O2/c1-18-21(10-5-11-22(18)20-8-3-2-4-9-20)13-24(29)23-14-25(28-17-27-23)30-16-19-7-6-12-26-15-19/h2-12,14-15,17H,13,16H2,1H3. The molecule has 0 unspecified atom stereocenters. The highest BCUT2D eigenvalue weighted by molar-refractivity contribution is 5.96. The summed E-state index contributed by atoms with van der Waals surface area (Å²) in [4.78, 5) is 25.2. The summed E-state index contributed by atoms with van der Waals surface area (Å²) in [6.07, 6.45) is 5.07. The van der Waals surface area contributed by atoms with Crippen molar-refractivity contribution < 1.29 is 9.53 Å². The molecule has 0 amide bonds. The average Bonchev–Trinajstić information content (AvgIpc) is 2.80. The van der Waals surface area contributed by atoms with E-state index in [9.17, 15) is 4.79 Å². The highest BCUT2D eigenvalue weighted by Gasteiger charge is 2.14. The molecular weight excluding hydrogens is 374 g/mol. The van der Waals surface area contributed by atoms with Crippen LogP contribution in [0.25, 0.3) is 11.1 Å². The van der Waals surface area contributed by atoms with Gasteiger partial charge >= 0.3 is 0 Å². The molecule has 0 N–H and O–H groups in total. The Morgan fingerprint density at radius 1 is 0.967 bits per heavy atom. The van der Waals surface area contributed by atoms with Gasteiger partial charge in [-0.1, -0.05) is 54.6 Å². The normalized spacial score (nSPS) is 10.6. The number of rotatable bonds is 7. The Kier molecular flexibility index (Phi) is 5.90. The fourth-order valence-electron chi connectivity index (χ4n) is 3.28. The van der Waals surface area contributed by atoms with Crippen LogP contribution in [-0.4, -0.2) is 20.7 Å². The van der Waals surface area contributed by atoms with Gasteiger partial charge in [0.2, 0.25) is 5.88 Å². The molecule has 0 bridgehead atoms. The highest BCUT2D eigenvalue weighted by Crippen LogP contribution is 2.26. The number of hydrogen-bond donors (Lipinski definition) is 0. The van der Waals surface area contributed by atoms with Crippen molar-refractivity contribution in [2.24, 2.45) is 0 Å². The lowest BCUT2D eigenvalue weighted by Crippen LogP contribution is -2.09. The molecule has 2 aromatic carbocycles. The van der Waals surface area contributed by atoms with Gasteiger partial charge in [0.1, 0.15) is 18.6 Å². The van der Waals surface area contributed by atoms with Gasteiger partial charge in [-0.2, -0.15) is 0 Å². The number of carbonyl (C=O) groups excluding carboxylic acids is 1. The van der Waals surface area contributed by atoms with Crippen molar-refractivity contribution in [3.05, 3.63) is 108 Å². The van der Waals surface area contributed by atoms with Crippen molar-refractivity contribution in [1.82, 2.24) is 15.0 Å². The molecule has 0 saturated carbocycles. The number of benzene rings is 2. The second-order valence-electron chi connectivity index (χ2n) is 6.95. The third-order valence-corrected chi connectivity index (χ3v) is 4.92. The molecule has 30 heavy (non-hydrogen) atoms. The molecule has 0 radical (unpaired) electrons. The van der Waals surface area contributed by atoms with Gasteiger partial charge < -0.3 is 4.74 Å². The van der Waals surface area contributed by atoms with E-state index in [0.29, 0.717) is 18.2 Å². The van der Waals surface area contributed by atoms with E-state index in [2.05, 4.69) is 33.2 Å². The summed E-state index contributed by atoms with van der Waals surface area (Å²) >= 11 is 0. The van der Waals surface area contributed by atoms with Gasteiger partial charge in [0.05, 0.1) is 0 Å². The maximum absolute atomic E-state index is 12.9. The van der Waals surface area contributed by atoms with Crippen LogP contribution in [0.3, 0.4) is 0 Å². The first-order valence-electron chi connectivity index (χ1n) is 9.71. The Morgan fingerprint density at radius 3 is 2.63 bits per heavy atom. The molecule has 0 saturated heterocycles. The Morgan fingerprint density at radius 2 is 1.83 bits per heavy atom. The lowest BCUT2D eigenvalue weighted by molar-refractivity contribution is 0.0987. The maximum Gasteiger partial charge on any atom is 0.217 e. The van der Waals surface area contributed by atoms with E-state index in [1.165, 1.54) is 6.33 Å². The second-order valence-corrected chi connectivity index (χ2v) is 6.95. The fraction of sp³-hybridized carbons (Fsp3) is 0.120. The van der Waals surface area contributed by atoms with Crippen LogP contribution in [-0.2, 0) is 13.0 Å². The molecular formula is C25H21N3O2. The first-order chi connectivity index (χ1) is 14.7. The minimum absolute atomic E-state index is 0.0723. The molecule has 0 aliphatic rings. The van der Waals surface area contributed by atoms with Gasteiger partial charge in [0.25, 0.3) is 0 Å². The third-order valence-electron chi connectivity index (χ3n) is 4.92. The summed E-state index contributed by atoms with van der Waals surface area (Å²) in [5.41, 5.74) is 5.62. The van der Waals surface area contributed by atoms with Crippen molar-refractivity contribution in [2.75, 3.05) is 0 Å². The van der Waals surface area contributed by atoms with E-state index in [0.717, 1.165) is 27.8 Å². The van der Waals surface area contributed by atoms with Crippen molar-refractivity contribution in [2.45, 2.75) is 20.0 Å². The van der Waals surface area contributed by atoms with Gasteiger partial charge in [-0.05, 0) is 35.2 Å². The minimum Gasteiger partial charge on any atom is -0.473 e. The molecule has 5 nitrogen and oxygen atoms in total. The minimum atomic E-state index is -0.0723. The van der Waals surface area contributed by atoms with E-state index in [4.69, 9.17) is 4.74 Å². The van der Waals surface area contributed by atoms with E-state index in [1.807, 2.05) is 49.4 Å². The zero-order valence-corrected chi connectivity index (χ0v) is 16.7. The molecule has 0 fully saturated rings. The lowest BCUT2D eigenvalue weighted by Gasteiger charge is -2.11. The highest BCUT2D eigenvalue weighted by atomic mass is 16.5. The smallest absolute Gasteiger partial charge is 0.217 e. The average molecular weight is 395 g/mol. The molecule has 0 aliphatic carbocycles.